The van der Waals surface area contributed by atoms with E-state index in [0.29, 0.717) is 0 Å². The highest BCUT2D eigenvalue weighted by molar-refractivity contribution is 5.77. The van der Waals surface area contributed by atoms with Crippen LogP contribution in [0.25, 0.3) is 0 Å². The Morgan fingerprint density at radius 3 is 1.48 bits per heavy atom. The molecule has 0 amide bonds. The Hall–Kier alpha value is -3.52. The predicted molar refractivity (Wildman–Crippen MR) is 124 cm³/mol. The molecule has 0 aromatic heterocycles. The number of aryl methyl sites for hydroxylation is 2. The molecule has 2 heteroatoms. The Morgan fingerprint density at radius 1 is 0.552 bits per heavy atom. The molecule has 144 valence electrons. The zero-order valence-corrected chi connectivity index (χ0v) is 17.0. The fourth-order valence-electron chi connectivity index (χ4n) is 3.36. The van der Waals surface area contributed by atoms with E-state index in [2.05, 4.69) is 121 Å². The van der Waals surface area contributed by atoms with Crippen LogP contribution >= 0.6 is 0 Å². The van der Waals surface area contributed by atoms with Gasteiger partial charge in [-0.3, -0.25) is 0 Å². The molecule has 0 saturated heterocycles. The zero-order chi connectivity index (χ0) is 20.1. The number of hydrogen-bond donors (Lipinski definition) is 1. The average molecular weight is 379 g/mol. The van der Waals surface area contributed by atoms with E-state index < -0.39 is 0 Å². The van der Waals surface area contributed by atoms with Crippen LogP contribution < -0.4 is 10.2 Å². The van der Waals surface area contributed by atoms with Gasteiger partial charge in [-0.25, -0.2) is 0 Å². The summed E-state index contributed by atoms with van der Waals surface area (Å²) in [5, 5.41) is 3.50. The number of rotatable bonds is 6. The van der Waals surface area contributed by atoms with Crippen LogP contribution in [0, 0.1) is 13.8 Å². The molecule has 0 unspecified atom stereocenters. The smallest absolute Gasteiger partial charge is 0.0463 e. The topological polar surface area (TPSA) is 15.3 Å². The summed E-state index contributed by atoms with van der Waals surface area (Å²) in [4.78, 5) is 2.29. The lowest BCUT2D eigenvalue weighted by molar-refractivity contribution is 1.15. The van der Waals surface area contributed by atoms with Gasteiger partial charge in [0.2, 0.25) is 0 Å². The average Bonchev–Trinajstić information content (AvgIpc) is 2.77. The third-order valence-corrected chi connectivity index (χ3v) is 5.05. The first-order valence-electron chi connectivity index (χ1n) is 10.0. The molecule has 29 heavy (non-hydrogen) atoms. The van der Waals surface area contributed by atoms with Crippen LogP contribution in [0.1, 0.15) is 16.7 Å². The van der Waals surface area contributed by atoms with Crippen molar-refractivity contribution in [3.63, 3.8) is 0 Å². The Kier molecular flexibility index (Phi) is 5.62. The third kappa shape index (κ3) is 4.67. The van der Waals surface area contributed by atoms with Crippen molar-refractivity contribution >= 4 is 22.7 Å². The first-order valence-corrected chi connectivity index (χ1v) is 10.0. The Labute approximate surface area is 173 Å². The highest BCUT2D eigenvalue weighted by Gasteiger charge is 2.12. The molecule has 1 N–H and O–H groups in total. The highest BCUT2D eigenvalue weighted by Crippen LogP contribution is 2.35. The van der Waals surface area contributed by atoms with Gasteiger partial charge in [0.25, 0.3) is 0 Å². The van der Waals surface area contributed by atoms with Gasteiger partial charge in [0.05, 0.1) is 0 Å². The van der Waals surface area contributed by atoms with E-state index in [4.69, 9.17) is 0 Å². The van der Waals surface area contributed by atoms with Gasteiger partial charge in [0.15, 0.2) is 0 Å². The van der Waals surface area contributed by atoms with Gasteiger partial charge < -0.3 is 10.2 Å². The maximum atomic E-state index is 3.50. The zero-order valence-electron chi connectivity index (χ0n) is 17.0. The standard InChI is InChI=1S/C27H26N2/c1-21-8-14-25(15-9-21)29(26-16-10-22(2)11-17-26)27-18-12-24(13-19-27)28-20-23-6-4-3-5-7-23/h3-19,28H,20H2,1-2H3. The molecule has 4 aromatic carbocycles. The molecule has 0 spiro atoms. The fourth-order valence-corrected chi connectivity index (χ4v) is 3.36. The third-order valence-electron chi connectivity index (χ3n) is 5.05. The van der Waals surface area contributed by atoms with Crippen molar-refractivity contribution in [1.82, 2.24) is 0 Å². The fraction of sp³-hybridized carbons (Fsp3) is 0.111. The number of benzene rings is 4. The van der Waals surface area contributed by atoms with E-state index in [9.17, 15) is 0 Å². The molecule has 0 aliphatic carbocycles. The van der Waals surface area contributed by atoms with Gasteiger partial charge in [0.1, 0.15) is 0 Å². The first-order chi connectivity index (χ1) is 14.2. The largest absolute Gasteiger partial charge is 0.381 e. The van der Waals surface area contributed by atoms with E-state index in [1.807, 2.05) is 6.07 Å². The molecule has 0 aliphatic heterocycles. The summed E-state index contributed by atoms with van der Waals surface area (Å²) in [6.07, 6.45) is 0. The number of hydrogen-bond acceptors (Lipinski definition) is 2. The van der Waals surface area contributed by atoms with Crippen molar-refractivity contribution in [2.24, 2.45) is 0 Å². The molecule has 0 saturated carbocycles. The minimum atomic E-state index is 0.819. The summed E-state index contributed by atoms with van der Waals surface area (Å²) in [5.41, 5.74) is 8.37. The SMILES string of the molecule is Cc1ccc(N(c2ccc(C)cc2)c2ccc(NCc3ccccc3)cc2)cc1. The van der Waals surface area contributed by atoms with Gasteiger partial charge >= 0.3 is 0 Å². The lowest BCUT2D eigenvalue weighted by atomic mass is 10.1. The number of nitrogens with one attached hydrogen (secondary N) is 1. The molecule has 0 heterocycles. The minimum absolute atomic E-state index is 0.819. The summed E-state index contributed by atoms with van der Waals surface area (Å²) in [7, 11) is 0. The second-order valence-corrected chi connectivity index (χ2v) is 7.39. The van der Waals surface area contributed by atoms with Gasteiger partial charge in [0, 0.05) is 29.3 Å². The molecule has 0 atom stereocenters. The van der Waals surface area contributed by atoms with Crippen LogP contribution in [-0.4, -0.2) is 0 Å². The van der Waals surface area contributed by atoms with Gasteiger partial charge in [-0.05, 0) is 67.9 Å². The van der Waals surface area contributed by atoms with E-state index in [1.165, 1.54) is 16.7 Å². The minimum Gasteiger partial charge on any atom is -0.381 e. The van der Waals surface area contributed by atoms with Crippen LogP contribution in [0.4, 0.5) is 22.7 Å². The van der Waals surface area contributed by atoms with Crippen molar-refractivity contribution in [2.45, 2.75) is 20.4 Å². The summed E-state index contributed by atoms with van der Waals surface area (Å²) in [6, 6.07) is 36.4. The van der Waals surface area contributed by atoms with Crippen LogP contribution in [0.2, 0.25) is 0 Å². The molecular formula is C27H26N2. The molecular weight excluding hydrogens is 352 g/mol. The van der Waals surface area contributed by atoms with Crippen LogP contribution in [0.15, 0.2) is 103 Å². The Bertz CT molecular complexity index is 989. The number of anilines is 4. The van der Waals surface area contributed by atoms with Gasteiger partial charge in [-0.1, -0.05) is 65.7 Å². The van der Waals surface area contributed by atoms with Crippen LogP contribution in [0.5, 0.6) is 0 Å². The van der Waals surface area contributed by atoms with Crippen molar-refractivity contribution in [2.75, 3.05) is 10.2 Å². The van der Waals surface area contributed by atoms with E-state index in [1.54, 1.807) is 0 Å². The Balaban J connectivity index is 1.60. The summed E-state index contributed by atoms with van der Waals surface area (Å²) in [5.74, 6) is 0. The normalized spacial score (nSPS) is 10.6. The molecule has 2 nitrogen and oxygen atoms in total. The lowest BCUT2D eigenvalue weighted by Gasteiger charge is -2.26. The van der Waals surface area contributed by atoms with Gasteiger partial charge in [-0.2, -0.15) is 0 Å². The molecule has 4 rings (SSSR count). The monoisotopic (exact) mass is 378 g/mol. The maximum Gasteiger partial charge on any atom is 0.0463 e. The first kappa shape index (κ1) is 18.8. The molecule has 0 aliphatic rings. The highest BCUT2D eigenvalue weighted by atomic mass is 15.1. The Morgan fingerprint density at radius 2 is 1.00 bits per heavy atom. The lowest BCUT2D eigenvalue weighted by Crippen LogP contribution is -2.10. The van der Waals surface area contributed by atoms with Crippen molar-refractivity contribution in [1.29, 1.82) is 0 Å². The summed E-state index contributed by atoms with van der Waals surface area (Å²) in [6.45, 7) is 5.06. The van der Waals surface area contributed by atoms with Gasteiger partial charge in [-0.15, -0.1) is 0 Å². The van der Waals surface area contributed by atoms with E-state index >= 15 is 0 Å². The van der Waals surface area contributed by atoms with E-state index in [-0.39, 0.29) is 0 Å². The van der Waals surface area contributed by atoms with E-state index in [0.717, 1.165) is 29.3 Å². The van der Waals surface area contributed by atoms with Crippen LogP contribution in [-0.2, 0) is 6.54 Å². The molecule has 0 bridgehead atoms. The van der Waals surface area contributed by atoms with Crippen LogP contribution in [0.3, 0.4) is 0 Å². The molecule has 0 fully saturated rings. The second kappa shape index (κ2) is 8.66. The quantitative estimate of drug-likeness (QED) is 0.376. The maximum absolute atomic E-state index is 3.50. The molecule has 0 radical (unpaired) electrons. The van der Waals surface area contributed by atoms with Crippen molar-refractivity contribution in [3.8, 4) is 0 Å². The predicted octanol–water partition coefficient (Wildman–Crippen LogP) is 7.39. The summed E-state index contributed by atoms with van der Waals surface area (Å²) >= 11 is 0. The summed E-state index contributed by atoms with van der Waals surface area (Å²) < 4.78 is 0. The second-order valence-electron chi connectivity index (χ2n) is 7.39. The number of nitrogens with zero attached hydrogens (tertiary/aromatic N) is 1. The van der Waals surface area contributed by atoms with Crippen molar-refractivity contribution < 1.29 is 0 Å². The van der Waals surface area contributed by atoms with Crippen molar-refractivity contribution in [3.05, 3.63) is 120 Å². The molecule has 4 aromatic rings.